The standard InChI is InChI=1S/C19H31NO3/c1-5-8-9-14-19(4,23-15-6-2)18(21)20-16-10-12-17(13-11-16)22-7-3/h10-13H,5-9,14-15H2,1-4H3,(H,20,21). The highest BCUT2D eigenvalue weighted by Crippen LogP contribution is 2.23. The number of nitrogens with one attached hydrogen (secondary N) is 1. The molecule has 4 heteroatoms. The van der Waals surface area contributed by atoms with E-state index in [1.54, 1.807) is 0 Å². The molecule has 0 aliphatic carbocycles. The fraction of sp³-hybridized carbons (Fsp3) is 0.632. The van der Waals surface area contributed by atoms with Gasteiger partial charge < -0.3 is 14.8 Å². The Labute approximate surface area is 140 Å². The molecule has 1 atom stereocenters. The lowest BCUT2D eigenvalue weighted by atomic mass is 9.96. The molecule has 0 saturated heterocycles. The zero-order valence-corrected chi connectivity index (χ0v) is 15.0. The molecule has 0 spiro atoms. The summed E-state index contributed by atoms with van der Waals surface area (Å²) < 4.78 is 11.3. The zero-order valence-electron chi connectivity index (χ0n) is 15.0. The molecule has 1 N–H and O–H groups in total. The van der Waals surface area contributed by atoms with Gasteiger partial charge in [0.05, 0.1) is 6.61 Å². The number of ether oxygens (including phenoxy) is 2. The summed E-state index contributed by atoms with van der Waals surface area (Å²) in [7, 11) is 0. The van der Waals surface area contributed by atoms with Gasteiger partial charge in [-0.1, -0.05) is 33.1 Å². The molecule has 0 heterocycles. The van der Waals surface area contributed by atoms with Gasteiger partial charge in [-0.15, -0.1) is 0 Å². The lowest BCUT2D eigenvalue weighted by molar-refractivity contribution is -0.140. The predicted octanol–water partition coefficient (Wildman–Crippen LogP) is 4.79. The van der Waals surface area contributed by atoms with Gasteiger partial charge in [0.1, 0.15) is 11.4 Å². The van der Waals surface area contributed by atoms with E-state index in [1.165, 1.54) is 0 Å². The lowest BCUT2D eigenvalue weighted by Gasteiger charge is -2.28. The van der Waals surface area contributed by atoms with Crippen LogP contribution < -0.4 is 10.1 Å². The van der Waals surface area contributed by atoms with Crippen LogP contribution in [0.2, 0.25) is 0 Å². The minimum atomic E-state index is -0.774. The molecule has 0 fully saturated rings. The highest BCUT2D eigenvalue weighted by Gasteiger charge is 2.33. The van der Waals surface area contributed by atoms with Crippen LogP contribution in [0.5, 0.6) is 5.75 Å². The first-order valence-corrected chi connectivity index (χ1v) is 8.74. The zero-order chi connectivity index (χ0) is 17.1. The Hall–Kier alpha value is -1.55. The number of hydrogen-bond donors (Lipinski definition) is 1. The average molecular weight is 321 g/mol. The fourth-order valence-electron chi connectivity index (χ4n) is 2.36. The third kappa shape index (κ3) is 6.61. The molecule has 1 unspecified atom stereocenters. The van der Waals surface area contributed by atoms with E-state index in [4.69, 9.17) is 9.47 Å². The van der Waals surface area contributed by atoms with Crippen LogP contribution in [0.25, 0.3) is 0 Å². The van der Waals surface area contributed by atoms with Gasteiger partial charge in [-0.3, -0.25) is 4.79 Å². The van der Waals surface area contributed by atoms with E-state index in [-0.39, 0.29) is 5.91 Å². The van der Waals surface area contributed by atoms with E-state index in [0.29, 0.717) is 13.2 Å². The minimum Gasteiger partial charge on any atom is -0.494 e. The monoisotopic (exact) mass is 321 g/mol. The molecule has 1 amide bonds. The number of carbonyl (C=O) groups excluding carboxylic acids is 1. The third-order valence-corrected chi connectivity index (χ3v) is 3.79. The van der Waals surface area contributed by atoms with Gasteiger partial charge in [-0.05, 0) is 51.0 Å². The van der Waals surface area contributed by atoms with Gasteiger partial charge in [0.25, 0.3) is 5.91 Å². The van der Waals surface area contributed by atoms with Crippen molar-refractivity contribution in [2.45, 2.75) is 65.4 Å². The highest BCUT2D eigenvalue weighted by atomic mass is 16.5. The smallest absolute Gasteiger partial charge is 0.256 e. The molecular weight excluding hydrogens is 290 g/mol. The SMILES string of the molecule is CCCCCC(C)(OCCC)C(=O)Nc1ccc(OCC)cc1. The topological polar surface area (TPSA) is 47.6 Å². The molecule has 1 aromatic carbocycles. The molecule has 0 aliphatic rings. The normalized spacial score (nSPS) is 13.4. The van der Waals surface area contributed by atoms with Crippen molar-refractivity contribution in [3.63, 3.8) is 0 Å². The Morgan fingerprint density at radius 3 is 2.35 bits per heavy atom. The van der Waals surface area contributed by atoms with Crippen LogP contribution >= 0.6 is 0 Å². The maximum Gasteiger partial charge on any atom is 0.256 e. The summed E-state index contributed by atoms with van der Waals surface area (Å²) in [5.74, 6) is 0.727. The number of benzene rings is 1. The van der Waals surface area contributed by atoms with Crippen LogP contribution in [0.3, 0.4) is 0 Å². The minimum absolute atomic E-state index is 0.0776. The van der Waals surface area contributed by atoms with E-state index in [0.717, 1.165) is 43.5 Å². The number of hydrogen-bond acceptors (Lipinski definition) is 3. The van der Waals surface area contributed by atoms with Gasteiger partial charge >= 0.3 is 0 Å². The molecule has 0 bridgehead atoms. The number of rotatable bonds is 11. The van der Waals surface area contributed by atoms with E-state index in [2.05, 4.69) is 19.2 Å². The van der Waals surface area contributed by atoms with Gasteiger partial charge in [0.15, 0.2) is 0 Å². The number of unbranched alkanes of at least 4 members (excludes halogenated alkanes) is 2. The van der Waals surface area contributed by atoms with Crippen LogP contribution in [0, 0.1) is 0 Å². The van der Waals surface area contributed by atoms with Crippen LogP contribution in [0.1, 0.15) is 59.8 Å². The molecule has 0 radical (unpaired) electrons. The average Bonchev–Trinajstić information content (AvgIpc) is 2.55. The van der Waals surface area contributed by atoms with Crippen molar-refractivity contribution in [3.8, 4) is 5.75 Å². The largest absolute Gasteiger partial charge is 0.494 e. The quantitative estimate of drug-likeness (QED) is 0.596. The van der Waals surface area contributed by atoms with Crippen molar-refractivity contribution in [1.82, 2.24) is 0 Å². The second kappa shape index (κ2) is 10.3. The van der Waals surface area contributed by atoms with Crippen LogP contribution in [-0.4, -0.2) is 24.7 Å². The fourth-order valence-corrected chi connectivity index (χ4v) is 2.36. The number of amides is 1. The lowest BCUT2D eigenvalue weighted by Crippen LogP contribution is -2.43. The van der Waals surface area contributed by atoms with Gasteiger partial charge in [-0.25, -0.2) is 0 Å². The predicted molar refractivity (Wildman–Crippen MR) is 95.0 cm³/mol. The van der Waals surface area contributed by atoms with Crippen molar-refractivity contribution >= 4 is 11.6 Å². The summed E-state index contributed by atoms with van der Waals surface area (Å²) in [6, 6.07) is 7.44. The maximum atomic E-state index is 12.7. The molecule has 1 rings (SSSR count). The van der Waals surface area contributed by atoms with Crippen LogP contribution in [-0.2, 0) is 9.53 Å². The highest BCUT2D eigenvalue weighted by molar-refractivity contribution is 5.97. The van der Waals surface area contributed by atoms with Crippen molar-refractivity contribution in [2.75, 3.05) is 18.5 Å². The van der Waals surface area contributed by atoms with E-state index in [1.807, 2.05) is 38.1 Å². The Morgan fingerprint density at radius 2 is 1.78 bits per heavy atom. The summed E-state index contributed by atoms with van der Waals surface area (Å²) in [6.07, 6.45) is 4.88. The van der Waals surface area contributed by atoms with E-state index >= 15 is 0 Å². The maximum absolute atomic E-state index is 12.7. The molecule has 130 valence electrons. The van der Waals surface area contributed by atoms with Crippen LogP contribution in [0.4, 0.5) is 5.69 Å². The summed E-state index contributed by atoms with van der Waals surface area (Å²) in [5.41, 5.74) is -0.00990. The van der Waals surface area contributed by atoms with Crippen molar-refractivity contribution < 1.29 is 14.3 Å². The Bertz CT molecular complexity index is 458. The first-order chi connectivity index (χ1) is 11.1. The molecule has 4 nitrogen and oxygen atoms in total. The second-order valence-electron chi connectivity index (χ2n) is 5.95. The summed E-state index contributed by atoms with van der Waals surface area (Å²) in [6.45, 7) is 9.27. The van der Waals surface area contributed by atoms with Crippen molar-refractivity contribution in [1.29, 1.82) is 0 Å². The summed E-state index contributed by atoms with van der Waals surface area (Å²) in [5, 5.41) is 2.97. The molecule has 0 aromatic heterocycles. The van der Waals surface area contributed by atoms with Gasteiger partial charge in [0, 0.05) is 12.3 Å². The molecular formula is C19H31NO3. The Kier molecular flexibility index (Phi) is 8.70. The molecule has 1 aromatic rings. The summed E-state index contributed by atoms with van der Waals surface area (Å²) in [4.78, 5) is 12.7. The van der Waals surface area contributed by atoms with Gasteiger partial charge in [-0.2, -0.15) is 0 Å². The second-order valence-corrected chi connectivity index (χ2v) is 5.95. The Balaban J connectivity index is 2.70. The van der Waals surface area contributed by atoms with Gasteiger partial charge in [0.2, 0.25) is 0 Å². The first-order valence-electron chi connectivity index (χ1n) is 8.74. The summed E-state index contributed by atoms with van der Waals surface area (Å²) >= 11 is 0. The molecule has 23 heavy (non-hydrogen) atoms. The van der Waals surface area contributed by atoms with E-state index in [9.17, 15) is 4.79 Å². The third-order valence-electron chi connectivity index (χ3n) is 3.79. The number of anilines is 1. The van der Waals surface area contributed by atoms with Crippen molar-refractivity contribution in [2.24, 2.45) is 0 Å². The molecule has 0 saturated carbocycles. The van der Waals surface area contributed by atoms with Crippen molar-refractivity contribution in [3.05, 3.63) is 24.3 Å². The Morgan fingerprint density at radius 1 is 1.09 bits per heavy atom. The first kappa shape index (κ1) is 19.5. The van der Waals surface area contributed by atoms with Crippen LogP contribution in [0.15, 0.2) is 24.3 Å². The number of carbonyl (C=O) groups is 1. The molecule has 0 aliphatic heterocycles. The van der Waals surface area contributed by atoms with E-state index < -0.39 is 5.60 Å².